The molecule has 0 bridgehead atoms. The van der Waals surface area contributed by atoms with E-state index in [1.165, 1.54) is 0 Å². The highest BCUT2D eigenvalue weighted by Gasteiger charge is 2.23. The standard InChI is InChI=1S/C18H23N5O2/c19-17(24)14-7-4-9-23(12-14)10-8-20-18(25)15-11-21-22-16(15)13-5-2-1-3-6-13/h1-3,5-6,11,14H,4,7-10,12H2,(H2,19,24)(H,20,25)(H,21,22)/t14-/m0/s1. The third-order valence-electron chi connectivity index (χ3n) is 4.57. The molecule has 1 aliphatic rings. The van der Waals surface area contributed by atoms with Crippen molar-refractivity contribution in [2.24, 2.45) is 11.7 Å². The highest BCUT2D eigenvalue weighted by molar-refractivity contribution is 5.99. The maximum Gasteiger partial charge on any atom is 0.255 e. The molecule has 1 fully saturated rings. The van der Waals surface area contributed by atoms with Crippen LogP contribution in [0.3, 0.4) is 0 Å². The van der Waals surface area contributed by atoms with Gasteiger partial charge < -0.3 is 16.0 Å². The molecule has 3 rings (SSSR count). The van der Waals surface area contributed by atoms with Crippen LogP contribution in [-0.2, 0) is 4.79 Å². The molecule has 4 N–H and O–H groups in total. The molecule has 2 heterocycles. The predicted octanol–water partition coefficient (Wildman–Crippen LogP) is 1.00. The molecular weight excluding hydrogens is 318 g/mol. The first-order valence-electron chi connectivity index (χ1n) is 8.54. The highest BCUT2D eigenvalue weighted by atomic mass is 16.2. The zero-order valence-electron chi connectivity index (χ0n) is 14.1. The number of carbonyl (C=O) groups is 2. The summed E-state index contributed by atoms with van der Waals surface area (Å²) in [6, 6.07) is 9.63. The lowest BCUT2D eigenvalue weighted by Crippen LogP contribution is -2.44. The summed E-state index contributed by atoms with van der Waals surface area (Å²) < 4.78 is 0. The average molecular weight is 341 g/mol. The maximum atomic E-state index is 12.5. The molecular formula is C18H23N5O2. The van der Waals surface area contributed by atoms with Gasteiger partial charge in [-0.2, -0.15) is 5.10 Å². The first kappa shape index (κ1) is 17.2. The summed E-state index contributed by atoms with van der Waals surface area (Å²) in [5.74, 6) is -0.473. The number of H-pyrrole nitrogens is 1. The van der Waals surface area contributed by atoms with Crippen LogP contribution in [0.5, 0.6) is 0 Å². The van der Waals surface area contributed by atoms with E-state index < -0.39 is 0 Å². The number of hydrogen-bond acceptors (Lipinski definition) is 4. The fourth-order valence-electron chi connectivity index (χ4n) is 3.20. The van der Waals surface area contributed by atoms with Crippen LogP contribution in [0.4, 0.5) is 0 Å². The van der Waals surface area contributed by atoms with Gasteiger partial charge in [0.1, 0.15) is 0 Å². The van der Waals surface area contributed by atoms with Crippen molar-refractivity contribution in [1.82, 2.24) is 20.4 Å². The number of hydrogen-bond donors (Lipinski definition) is 3. The minimum absolute atomic E-state index is 0.0805. The lowest BCUT2D eigenvalue weighted by atomic mass is 9.97. The molecule has 0 aliphatic carbocycles. The van der Waals surface area contributed by atoms with E-state index in [0.29, 0.717) is 30.9 Å². The fraction of sp³-hybridized carbons (Fsp3) is 0.389. The van der Waals surface area contributed by atoms with E-state index in [9.17, 15) is 9.59 Å². The number of nitrogens with zero attached hydrogens (tertiary/aromatic N) is 2. The number of rotatable bonds is 6. The van der Waals surface area contributed by atoms with Crippen molar-refractivity contribution in [3.63, 3.8) is 0 Å². The summed E-state index contributed by atoms with van der Waals surface area (Å²) in [5.41, 5.74) is 7.56. The highest BCUT2D eigenvalue weighted by Crippen LogP contribution is 2.20. The third-order valence-corrected chi connectivity index (χ3v) is 4.57. The third kappa shape index (κ3) is 4.24. The molecule has 2 amide bonds. The summed E-state index contributed by atoms with van der Waals surface area (Å²) in [6.07, 6.45) is 3.36. The van der Waals surface area contributed by atoms with Crippen molar-refractivity contribution in [2.75, 3.05) is 26.2 Å². The molecule has 25 heavy (non-hydrogen) atoms. The lowest BCUT2D eigenvalue weighted by molar-refractivity contribution is -0.123. The largest absolute Gasteiger partial charge is 0.369 e. The van der Waals surface area contributed by atoms with E-state index in [-0.39, 0.29) is 17.7 Å². The fourth-order valence-corrected chi connectivity index (χ4v) is 3.20. The number of nitrogens with one attached hydrogen (secondary N) is 2. The number of likely N-dealkylation sites (tertiary alicyclic amines) is 1. The van der Waals surface area contributed by atoms with E-state index in [4.69, 9.17) is 5.73 Å². The molecule has 0 saturated carbocycles. The summed E-state index contributed by atoms with van der Waals surface area (Å²) in [4.78, 5) is 25.9. The Morgan fingerprint density at radius 1 is 1.32 bits per heavy atom. The van der Waals surface area contributed by atoms with Gasteiger partial charge >= 0.3 is 0 Å². The maximum absolute atomic E-state index is 12.5. The first-order valence-corrected chi connectivity index (χ1v) is 8.54. The van der Waals surface area contributed by atoms with E-state index in [2.05, 4.69) is 20.4 Å². The molecule has 1 aliphatic heterocycles. The zero-order valence-corrected chi connectivity index (χ0v) is 14.1. The second-order valence-corrected chi connectivity index (χ2v) is 6.32. The monoisotopic (exact) mass is 341 g/mol. The summed E-state index contributed by atoms with van der Waals surface area (Å²) >= 11 is 0. The summed E-state index contributed by atoms with van der Waals surface area (Å²) in [5, 5.41) is 9.82. The summed E-state index contributed by atoms with van der Waals surface area (Å²) in [7, 11) is 0. The van der Waals surface area contributed by atoms with Gasteiger partial charge in [0.05, 0.1) is 23.4 Å². The van der Waals surface area contributed by atoms with Gasteiger partial charge in [-0.05, 0) is 19.4 Å². The molecule has 1 aromatic heterocycles. The quantitative estimate of drug-likeness (QED) is 0.729. The van der Waals surface area contributed by atoms with Gasteiger partial charge in [-0.3, -0.25) is 14.7 Å². The number of carbonyl (C=O) groups excluding carboxylic acids is 2. The number of aromatic nitrogens is 2. The van der Waals surface area contributed by atoms with Crippen LogP contribution in [0.25, 0.3) is 11.3 Å². The Labute approximate surface area is 146 Å². The molecule has 1 saturated heterocycles. The topological polar surface area (TPSA) is 104 Å². The molecule has 0 radical (unpaired) electrons. The molecule has 132 valence electrons. The van der Waals surface area contributed by atoms with Gasteiger partial charge in [0.15, 0.2) is 0 Å². The van der Waals surface area contributed by atoms with Crippen molar-refractivity contribution < 1.29 is 9.59 Å². The normalized spacial score (nSPS) is 18.0. The molecule has 7 nitrogen and oxygen atoms in total. The van der Waals surface area contributed by atoms with Gasteiger partial charge in [0.25, 0.3) is 5.91 Å². The van der Waals surface area contributed by atoms with Crippen LogP contribution in [0.2, 0.25) is 0 Å². The van der Waals surface area contributed by atoms with E-state index in [0.717, 1.165) is 24.9 Å². The first-order chi connectivity index (χ1) is 12.1. The molecule has 0 unspecified atom stereocenters. The van der Waals surface area contributed by atoms with Crippen LogP contribution >= 0.6 is 0 Å². The van der Waals surface area contributed by atoms with E-state index in [1.54, 1.807) is 6.20 Å². The molecule has 7 heteroatoms. The van der Waals surface area contributed by atoms with Gasteiger partial charge in [0.2, 0.25) is 5.91 Å². The number of amides is 2. The van der Waals surface area contributed by atoms with Crippen molar-refractivity contribution >= 4 is 11.8 Å². The van der Waals surface area contributed by atoms with E-state index in [1.807, 2.05) is 30.3 Å². The Bertz CT molecular complexity index is 728. The Kier molecular flexibility index (Phi) is 5.45. The minimum Gasteiger partial charge on any atom is -0.369 e. The van der Waals surface area contributed by atoms with Gasteiger partial charge in [0, 0.05) is 25.2 Å². The number of primary amides is 1. The molecule has 0 spiro atoms. The van der Waals surface area contributed by atoms with Crippen molar-refractivity contribution in [2.45, 2.75) is 12.8 Å². The van der Waals surface area contributed by atoms with E-state index >= 15 is 0 Å². The van der Waals surface area contributed by atoms with Crippen LogP contribution in [-0.4, -0.2) is 53.1 Å². The molecule has 2 aromatic rings. The number of aromatic amines is 1. The van der Waals surface area contributed by atoms with Crippen molar-refractivity contribution in [1.29, 1.82) is 0 Å². The zero-order chi connectivity index (χ0) is 17.6. The second-order valence-electron chi connectivity index (χ2n) is 6.32. The van der Waals surface area contributed by atoms with Crippen LogP contribution < -0.4 is 11.1 Å². The Balaban J connectivity index is 1.54. The van der Waals surface area contributed by atoms with Crippen LogP contribution in [0.1, 0.15) is 23.2 Å². The SMILES string of the molecule is NC(=O)[C@H]1CCCN(CCNC(=O)c2cn[nH]c2-c2ccccc2)C1. The number of benzene rings is 1. The van der Waals surface area contributed by atoms with Gasteiger partial charge in [-0.15, -0.1) is 0 Å². The second kappa shape index (κ2) is 7.94. The van der Waals surface area contributed by atoms with Gasteiger partial charge in [-0.25, -0.2) is 0 Å². The van der Waals surface area contributed by atoms with Gasteiger partial charge in [-0.1, -0.05) is 30.3 Å². The Hall–Kier alpha value is -2.67. The Morgan fingerprint density at radius 3 is 2.88 bits per heavy atom. The van der Waals surface area contributed by atoms with Crippen LogP contribution in [0, 0.1) is 5.92 Å². The minimum atomic E-state index is -0.236. The van der Waals surface area contributed by atoms with Crippen LogP contribution in [0.15, 0.2) is 36.5 Å². The lowest BCUT2D eigenvalue weighted by Gasteiger charge is -2.31. The number of nitrogens with two attached hydrogens (primary N) is 1. The van der Waals surface area contributed by atoms with Crippen molar-refractivity contribution in [3.05, 3.63) is 42.1 Å². The molecule has 1 atom stereocenters. The summed E-state index contributed by atoms with van der Waals surface area (Å²) in [6.45, 7) is 2.82. The number of piperidine rings is 1. The molecule has 1 aromatic carbocycles. The average Bonchev–Trinajstić information content (AvgIpc) is 3.12. The van der Waals surface area contributed by atoms with Crippen molar-refractivity contribution in [3.8, 4) is 11.3 Å². The predicted molar refractivity (Wildman–Crippen MR) is 94.7 cm³/mol. The smallest absolute Gasteiger partial charge is 0.255 e. The Morgan fingerprint density at radius 2 is 2.12 bits per heavy atom.